The van der Waals surface area contributed by atoms with Gasteiger partial charge in [0.15, 0.2) is 0 Å². The van der Waals surface area contributed by atoms with E-state index < -0.39 is 11.9 Å². The Labute approximate surface area is 40.3 Å². The number of esters is 2. The van der Waals surface area contributed by atoms with E-state index in [4.69, 9.17) is 0 Å². The highest BCUT2D eigenvalue weighted by molar-refractivity contribution is 5.92. The van der Waals surface area contributed by atoms with Gasteiger partial charge in [-0.3, -0.25) is 9.59 Å². The Kier molecular flexibility index (Phi) is 0.817. The molecule has 0 saturated carbocycles. The van der Waals surface area contributed by atoms with Crippen LogP contribution in [0.3, 0.4) is 0 Å². The van der Waals surface area contributed by atoms with Crippen LogP contribution >= 0.6 is 0 Å². The van der Waals surface area contributed by atoms with E-state index in [0.29, 0.717) is 0 Å². The van der Waals surface area contributed by atoms with Gasteiger partial charge in [-0.05, 0) is 0 Å². The summed E-state index contributed by atoms with van der Waals surface area (Å²) in [5, 5.41) is 0. The molecule has 1 saturated heterocycles. The highest BCUT2D eigenvalue weighted by Crippen LogP contribution is 2.03. The third-order valence-corrected chi connectivity index (χ3v) is 0.761. The molecule has 0 bridgehead atoms. The number of hydrogen-bond acceptors (Lipinski definition) is 3. The molecule has 0 aromatic carbocycles. The van der Waals surface area contributed by atoms with Crippen molar-refractivity contribution in [3.63, 3.8) is 0 Å². The summed E-state index contributed by atoms with van der Waals surface area (Å²) < 4.78 is 4.08. The van der Waals surface area contributed by atoms with Crippen LogP contribution in [-0.2, 0) is 14.3 Å². The summed E-state index contributed by atoms with van der Waals surface area (Å²) >= 11 is 0. The van der Waals surface area contributed by atoms with Crippen LogP contribution in [0.25, 0.3) is 0 Å². The molecule has 1 aliphatic rings. The molecule has 0 aromatic rings. The van der Waals surface area contributed by atoms with E-state index in [1.165, 1.54) is 0 Å². The lowest BCUT2D eigenvalue weighted by molar-refractivity contribution is -0.151. The fourth-order valence-corrected chi connectivity index (χ4v) is 0.433. The van der Waals surface area contributed by atoms with Crippen molar-refractivity contribution >= 4 is 11.9 Å². The van der Waals surface area contributed by atoms with E-state index in [0.717, 1.165) is 0 Å². The molecule has 0 N–H and O–H groups in total. The van der Waals surface area contributed by atoms with Gasteiger partial charge < -0.3 is 4.74 Å². The largest absolute Gasteiger partial charge is 0.393 e. The average Bonchev–Trinajstić information content (AvgIpc) is 1.87. The van der Waals surface area contributed by atoms with Crippen LogP contribution < -0.4 is 0 Å². The molecular formula is C4H4O3. The smallest absolute Gasteiger partial charge is 0.314 e. The van der Waals surface area contributed by atoms with Gasteiger partial charge in [0, 0.05) is 0 Å². The van der Waals surface area contributed by atoms with Gasteiger partial charge in [0.1, 0.15) is 0 Å². The van der Waals surface area contributed by atoms with Crippen molar-refractivity contribution < 1.29 is 14.3 Å². The number of carbonyl (C=O) groups is 2. The van der Waals surface area contributed by atoms with Gasteiger partial charge >= 0.3 is 11.9 Å². The van der Waals surface area contributed by atoms with Gasteiger partial charge in [-0.25, -0.2) is 0 Å². The molecule has 1 heterocycles. The first kappa shape index (κ1) is 4.30. The summed E-state index contributed by atoms with van der Waals surface area (Å²) in [6.07, 6.45) is 0.525. The molecule has 1 aliphatic heterocycles. The van der Waals surface area contributed by atoms with Crippen molar-refractivity contribution in [2.75, 3.05) is 0 Å². The first-order chi connectivity index (χ1) is 3.29. The number of carbonyl (C=O) groups excluding carboxylic acids is 2. The van der Waals surface area contributed by atoms with Gasteiger partial charge in [-0.1, -0.05) is 0 Å². The Morgan fingerprint density at radius 2 is 1.57 bits per heavy atom. The van der Waals surface area contributed by atoms with Crippen LogP contribution in [0.2, 0.25) is 0 Å². The summed E-state index contributed by atoms with van der Waals surface area (Å²) in [6.45, 7) is 0. The molecule has 1 rings (SSSR count). The minimum absolute atomic E-state index is 0.263. The maximum absolute atomic E-state index is 10.0. The average molecular weight is 102 g/mol. The Morgan fingerprint density at radius 3 is 1.71 bits per heavy atom. The van der Waals surface area contributed by atoms with Crippen LogP contribution in [0.4, 0.5) is 0 Å². The maximum atomic E-state index is 10.0. The fourth-order valence-electron chi connectivity index (χ4n) is 0.433. The zero-order chi connectivity index (χ0) is 5.28. The van der Waals surface area contributed by atoms with Crippen LogP contribution in [0.5, 0.6) is 0 Å². The maximum Gasteiger partial charge on any atom is 0.314 e. The lowest BCUT2D eigenvalue weighted by Gasteiger charge is -1.79. The van der Waals surface area contributed by atoms with Gasteiger partial charge in [0.25, 0.3) is 0 Å². The first-order valence-electron chi connectivity index (χ1n) is 2.02. The minimum atomic E-state index is -0.398. The zero-order valence-electron chi connectivity index (χ0n) is 3.64. The molecule has 0 aliphatic carbocycles. The third kappa shape index (κ3) is 0.765. The molecule has 0 unspecified atom stereocenters. The van der Waals surface area contributed by atoms with E-state index in [-0.39, 0.29) is 12.8 Å². The summed E-state index contributed by atoms with van der Waals surface area (Å²) in [5.74, 6) is -0.796. The molecule has 0 spiro atoms. The second kappa shape index (κ2) is 1.33. The van der Waals surface area contributed by atoms with Crippen molar-refractivity contribution in [2.24, 2.45) is 0 Å². The SMILES string of the molecule is O=[13C]1CC[13C](=O)O1. The van der Waals surface area contributed by atoms with E-state index >= 15 is 0 Å². The molecule has 0 amide bonds. The van der Waals surface area contributed by atoms with Crippen molar-refractivity contribution in [3.05, 3.63) is 0 Å². The standard InChI is InChI=1S/C4H4O3/c5-3-1-2-4(6)7-3/h1-2H2/i3+1,4+1. The van der Waals surface area contributed by atoms with Crippen LogP contribution in [0, 0.1) is 0 Å². The predicted octanol–water partition coefficient (Wildman–Crippen LogP) is -0.150. The second-order valence-electron chi connectivity index (χ2n) is 1.35. The van der Waals surface area contributed by atoms with E-state index in [1.54, 1.807) is 0 Å². The normalized spacial score (nSPS) is 20.0. The zero-order valence-corrected chi connectivity index (χ0v) is 3.64. The Balaban J connectivity index is 2.55. The number of ether oxygens (including phenoxy) is 1. The summed E-state index contributed by atoms with van der Waals surface area (Å²) in [4.78, 5) is 20.0. The lowest BCUT2D eigenvalue weighted by Crippen LogP contribution is -1.94. The van der Waals surface area contributed by atoms with Crippen LogP contribution in [0.15, 0.2) is 0 Å². The molecule has 0 aromatic heterocycles. The second-order valence-corrected chi connectivity index (χ2v) is 1.35. The van der Waals surface area contributed by atoms with Crippen LogP contribution in [-0.4, -0.2) is 11.9 Å². The predicted molar refractivity (Wildman–Crippen MR) is 20.3 cm³/mol. The Hall–Kier alpha value is -0.860. The highest BCUT2D eigenvalue weighted by Gasteiger charge is 2.19. The molecule has 3 nitrogen and oxygen atoms in total. The summed E-state index contributed by atoms with van der Waals surface area (Å²) in [7, 11) is 0. The molecule has 0 radical (unpaired) electrons. The van der Waals surface area contributed by atoms with Gasteiger partial charge in [0.2, 0.25) is 0 Å². The topological polar surface area (TPSA) is 43.4 Å². The van der Waals surface area contributed by atoms with Crippen molar-refractivity contribution in [3.8, 4) is 0 Å². The van der Waals surface area contributed by atoms with Crippen molar-refractivity contribution in [2.45, 2.75) is 12.8 Å². The van der Waals surface area contributed by atoms with Crippen molar-refractivity contribution in [1.29, 1.82) is 0 Å². The third-order valence-electron chi connectivity index (χ3n) is 0.761. The first-order valence-corrected chi connectivity index (χ1v) is 2.02. The monoisotopic (exact) mass is 102 g/mol. The van der Waals surface area contributed by atoms with E-state index in [2.05, 4.69) is 4.74 Å². The van der Waals surface area contributed by atoms with E-state index in [1.807, 2.05) is 0 Å². The van der Waals surface area contributed by atoms with Crippen LogP contribution in [0.1, 0.15) is 12.8 Å². The van der Waals surface area contributed by atoms with Gasteiger partial charge in [0.05, 0.1) is 12.8 Å². The van der Waals surface area contributed by atoms with E-state index in [9.17, 15) is 9.59 Å². The quantitative estimate of drug-likeness (QED) is 0.242. The summed E-state index contributed by atoms with van der Waals surface area (Å²) in [6, 6.07) is 0. The summed E-state index contributed by atoms with van der Waals surface area (Å²) in [5.41, 5.74) is 0. The Morgan fingerprint density at radius 1 is 1.14 bits per heavy atom. The van der Waals surface area contributed by atoms with Gasteiger partial charge in [-0.2, -0.15) is 0 Å². The Bertz CT molecular complexity index is 102. The highest BCUT2D eigenvalue weighted by atomic mass is 16.7. The molecule has 1 fully saturated rings. The number of cyclic esters (lactones) is 2. The minimum Gasteiger partial charge on any atom is -0.393 e. The number of hydrogen-bond donors (Lipinski definition) is 0. The lowest BCUT2D eigenvalue weighted by atomic mass is 10.6. The molecule has 0 atom stereocenters. The number of rotatable bonds is 0. The molecule has 3 heteroatoms. The molecule has 7 heavy (non-hydrogen) atoms. The molecular weight excluding hydrogens is 98.0 g/mol. The van der Waals surface area contributed by atoms with Crippen molar-refractivity contribution in [1.82, 2.24) is 0 Å². The fraction of sp³-hybridized carbons (Fsp3) is 0.500. The van der Waals surface area contributed by atoms with Gasteiger partial charge in [-0.15, -0.1) is 0 Å². The molecule has 38 valence electrons.